The summed E-state index contributed by atoms with van der Waals surface area (Å²) in [6.07, 6.45) is -1.20. The number of alkyl halides is 3. The number of halogens is 3. The summed E-state index contributed by atoms with van der Waals surface area (Å²) in [6, 6.07) is 13.2. The Hall–Kier alpha value is -3.17. The molecule has 0 unspecified atom stereocenters. The molecule has 1 aromatic heterocycles. The Labute approximate surface area is 202 Å². The third-order valence-electron chi connectivity index (χ3n) is 5.84. The van der Waals surface area contributed by atoms with E-state index in [1.54, 1.807) is 6.07 Å². The van der Waals surface area contributed by atoms with Crippen LogP contribution in [0.3, 0.4) is 0 Å². The molecule has 6 nitrogen and oxygen atoms in total. The van der Waals surface area contributed by atoms with Gasteiger partial charge in [0.2, 0.25) is 5.89 Å². The number of hydrogen-bond acceptors (Lipinski definition) is 5. The topological polar surface area (TPSA) is 67.6 Å². The number of carbonyl (C=O) groups excluding carboxylic acids is 1. The number of rotatable bonds is 9. The Bertz CT molecular complexity index is 1120. The molecule has 35 heavy (non-hydrogen) atoms. The lowest BCUT2D eigenvalue weighted by Crippen LogP contribution is -2.32. The monoisotopic (exact) mass is 487 g/mol. The van der Waals surface area contributed by atoms with Crippen LogP contribution in [-0.2, 0) is 30.5 Å². The number of hydrogen-bond donors (Lipinski definition) is 1. The summed E-state index contributed by atoms with van der Waals surface area (Å²) in [4.78, 5) is 18.7. The van der Waals surface area contributed by atoms with E-state index < -0.39 is 11.7 Å². The van der Waals surface area contributed by atoms with Crippen LogP contribution in [0, 0.1) is 6.92 Å². The number of benzene rings is 2. The first kappa shape index (κ1) is 24.9. The number of carbonyl (C=O) groups is 1. The summed E-state index contributed by atoms with van der Waals surface area (Å²) in [6.45, 7) is 4.05. The van der Waals surface area contributed by atoms with Crippen molar-refractivity contribution in [2.24, 2.45) is 0 Å². The van der Waals surface area contributed by atoms with Crippen LogP contribution in [0.5, 0.6) is 0 Å². The van der Waals surface area contributed by atoms with Crippen molar-refractivity contribution in [1.29, 1.82) is 0 Å². The smallest absolute Gasteiger partial charge is 0.416 e. The van der Waals surface area contributed by atoms with E-state index >= 15 is 0 Å². The van der Waals surface area contributed by atoms with Crippen molar-refractivity contribution < 1.29 is 27.1 Å². The molecule has 0 radical (unpaired) electrons. The number of amides is 1. The van der Waals surface area contributed by atoms with E-state index in [4.69, 9.17) is 9.15 Å². The zero-order chi connectivity index (χ0) is 24.8. The minimum Gasteiger partial charge on any atom is -0.447 e. The van der Waals surface area contributed by atoms with Crippen LogP contribution in [-0.4, -0.2) is 35.0 Å². The zero-order valence-corrected chi connectivity index (χ0v) is 19.5. The fourth-order valence-electron chi connectivity index (χ4n) is 4.01. The van der Waals surface area contributed by atoms with Gasteiger partial charge in [0.1, 0.15) is 6.26 Å². The van der Waals surface area contributed by atoms with Crippen molar-refractivity contribution in [2.45, 2.75) is 51.7 Å². The minimum atomic E-state index is -4.41. The highest BCUT2D eigenvalue weighted by atomic mass is 19.4. The van der Waals surface area contributed by atoms with Crippen LogP contribution >= 0.6 is 0 Å². The number of aromatic nitrogens is 1. The lowest BCUT2D eigenvalue weighted by molar-refractivity contribution is -0.137. The second-order valence-electron chi connectivity index (χ2n) is 8.80. The first-order valence-electron chi connectivity index (χ1n) is 11.5. The fourth-order valence-corrected chi connectivity index (χ4v) is 4.01. The predicted octanol–water partition coefficient (Wildman–Crippen LogP) is 5.11. The first-order chi connectivity index (χ1) is 16.8. The van der Waals surface area contributed by atoms with E-state index in [0.29, 0.717) is 31.2 Å². The molecule has 1 atom stereocenters. The summed E-state index contributed by atoms with van der Waals surface area (Å²) < 4.78 is 50.6. The summed E-state index contributed by atoms with van der Waals surface area (Å²) in [5.41, 5.74) is 2.11. The maximum absolute atomic E-state index is 13.2. The molecule has 4 rings (SSSR count). The van der Waals surface area contributed by atoms with Gasteiger partial charge in [0.25, 0.3) is 5.91 Å². The van der Waals surface area contributed by atoms with Gasteiger partial charge in [0.15, 0.2) is 5.69 Å². The molecule has 186 valence electrons. The second kappa shape index (κ2) is 11.0. The molecule has 1 aliphatic heterocycles. The molecule has 2 heterocycles. The Kier molecular flexibility index (Phi) is 7.87. The van der Waals surface area contributed by atoms with Gasteiger partial charge in [-0.25, -0.2) is 4.98 Å². The van der Waals surface area contributed by atoms with Gasteiger partial charge >= 0.3 is 6.18 Å². The van der Waals surface area contributed by atoms with Gasteiger partial charge in [0.05, 0.1) is 18.2 Å². The van der Waals surface area contributed by atoms with Crippen molar-refractivity contribution in [3.63, 3.8) is 0 Å². The van der Waals surface area contributed by atoms with Crippen molar-refractivity contribution >= 4 is 5.91 Å². The molecule has 1 aliphatic rings. The summed E-state index contributed by atoms with van der Waals surface area (Å²) in [5, 5.41) is 2.81. The quantitative estimate of drug-likeness (QED) is 0.454. The lowest BCUT2D eigenvalue weighted by atomic mass is 10.1. The molecule has 1 saturated heterocycles. The summed E-state index contributed by atoms with van der Waals surface area (Å²) >= 11 is 0. The number of oxazole rings is 1. The fraction of sp³-hybridized carbons (Fsp3) is 0.385. The molecule has 9 heteroatoms. The van der Waals surface area contributed by atoms with Gasteiger partial charge in [-0.05, 0) is 37.0 Å². The molecule has 0 bridgehead atoms. The van der Waals surface area contributed by atoms with E-state index in [1.807, 2.05) is 36.1 Å². The van der Waals surface area contributed by atoms with Gasteiger partial charge in [-0.1, -0.05) is 48.0 Å². The lowest BCUT2D eigenvalue weighted by Gasteiger charge is -2.22. The van der Waals surface area contributed by atoms with Gasteiger partial charge in [-0.15, -0.1) is 0 Å². The average Bonchev–Trinajstić information content (AvgIpc) is 3.51. The molecular formula is C26H28F3N3O3. The van der Waals surface area contributed by atoms with Crippen LogP contribution < -0.4 is 5.32 Å². The Balaban J connectivity index is 1.46. The SMILES string of the molecule is Cc1ccc(CN(Cc2cccc(C(F)(F)F)c2)Cc2nc(C(=O)NC[C@@H]3CCCO3)co2)cc1. The van der Waals surface area contributed by atoms with Crippen LogP contribution in [0.25, 0.3) is 0 Å². The van der Waals surface area contributed by atoms with Crippen LogP contribution in [0.2, 0.25) is 0 Å². The van der Waals surface area contributed by atoms with Crippen molar-refractivity contribution in [3.8, 4) is 0 Å². The Morgan fingerprint density at radius 2 is 1.89 bits per heavy atom. The average molecular weight is 488 g/mol. The number of ether oxygens (including phenoxy) is 1. The molecule has 3 aromatic rings. The second-order valence-corrected chi connectivity index (χ2v) is 8.80. The highest BCUT2D eigenvalue weighted by Crippen LogP contribution is 2.30. The predicted molar refractivity (Wildman–Crippen MR) is 123 cm³/mol. The van der Waals surface area contributed by atoms with Crippen molar-refractivity contribution in [2.75, 3.05) is 13.2 Å². The normalized spacial score (nSPS) is 16.1. The summed E-state index contributed by atoms with van der Waals surface area (Å²) in [7, 11) is 0. The van der Waals surface area contributed by atoms with Gasteiger partial charge in [0, 0.05) is 26.2 Å². The molecule has 1 fully saturated rings. The maximum Gasteiger partial charge on any atom is 0.416 e. The van der Waals surface area contributed by atoms with E-state index in [2.05, 4.69) is 10.3 Å². The van der Waals surface area contributed by atoms with E-state index in [1.165, 1.54) is 12.3 Å². The standard InChI is InChI=1S/C26H28F3N3O3/c1-18-7-9-19(10-8-18)14-32(15-20-4-2-5-21(12-20)26(27,28)29)16-24-31-23(17-35-24)25(33)30-13-22-6-3-11-34-22/h2,4-5,7-10,12,17,22H,3,6,11,13-16H2,1H3,(H,30,33)/t22-/m0/s1. The van der Waals surface area contributed by atoms with Gasteiger partial charge < -0.3 is 14.5 Å². The zero-order valence-electron chi connectivity index (χ0n) is 19.5. The molecule has 1 N–H and O–H groups in total. The van der Waals surface area contributed by atoms with Crippen LogP contribution in [0.4, 0.5) is 13.2 Å². The molecule has 1 amide bonds. The minimum absolute atomic E-state index is 0.0165. The molecule has 0 aliphatic carbocycles. The van der Waals surface area contributed by atoms with Crippen molar-refractivity contribution in [3.05, 3.63) is 88.6 Å². The first-order valence-corrected chi connectivity index (χ1v) is 11.5. The van der Waals surface area contributed by atoms with Crippen LogP contribution in [0.15, 0.2) is 59.2 Å². The number of nitrogens with one attached hydrogen (secondary N) is 1. The van der Waals surface area contributed by atoms with Crippen LogP contribution in [0.1, 0.15) is 51.5 Å². The van der Waals surface area contributed by atoms with E-state index in [-0.39, 0.29) is 30.8 Å². The van der Waals surface area contributed by atoms with E-state index in [0.717, 1.165) is 36.1 Å². The largest absolute Gasteiger partial charge is 0.447 e. The van der Waals surface area contributed by atoms with Crippen molar-refractivity contribution in [1.82, 2.24) is 15.2 Å². The third kappa shape index (κ3) is 7.16. The summed E-state index contributed by atoms with van der Waals surface area (Å²) in [5.74, 6) is -0.0372. The highest BCUT2D eigenvalue weighted by Gasteiger charge is 2.30. The highest BCUT2D eigenvalue weighted by molar-refractivity contribution is 5.91. The Morgan fingerprint density at radius 3 is 2.60 bits per heavy atom. The molecular weight excluding hydrogens is 459 g/mol. The maximum atomic E-state index is 13.2. The number of aryl methyl sites for hydroxylation is 1. The van der Waals surface area contributed by atoms with Gasteiger partial charge in [-0.3, -0.25) is 9.69 Å². The molecule has 2 aromatic carbocycles. The Morgan fingerprint density at radius 1 is 1.11 bits per heavy atom. The van der Waals surface area contributed by atoms with Gasteiger partial charge in [-0.2, -0.15) is 13.2 Å². The molecule has 0 spiro atoms. The van der Waals surface area contributed by atoms with E-state index in [9.17, 15) is 18.0 Å². The molecule has 0 saturated carbocycles. The third-order valence-corrected chi connectivity index (χ3v) is 5.84. The number of nitrogens with zero attached hydrogens (tertiary/aromatic N) is 2.